The van der Waals surface area contributed by atoms with Gasteiger partial charge in [0.2, 0.25) is 10.0 Å². The summed E-state index contributed by atoms with van der Waals surface area (Å²) in [6, 6.07) is 3.15. The molecule has 0 aliphatic heterocycles. The van der Waals surface area contributed by atoms with Gasteiger partial charge in [-0.3, -0.25) is 9.59 Å². The van der Waals surface area contributed by atoms with Gasteiger partial charge in [-0.25, -0.2) is 17.1 Å². The first-order chi connectivity index (χ1) is 10.6. The summed E-state index contributed by atoms with van der Waals surface area (Å²) in [6.07, 6.45) is -0.311. The fraction of sp³-hybridized carbons (Fsp3) is 0.429. The lowest BCUT2D eigenvalue weighted by Gasteiger charge is -2.19. The van der Waals surface area contributed by atoms with E-state index in [9.17, 15) is 22.4 Å². The van der Waals surface area contributed by atoms with Crippen molar-refractivity contribution in [1.82, 2.24) is 4.31 Å². The first kappa shape index (κ1) is 19.0. The molecule has 0 spiro atoms. The van der Waals surface area contributed by atoms with Gasteiger partial charge in [0, 0.05) is 13.6 Å². The summed E-state index contributed by atoms with van der Waals surface area (Å²) in [4.78, 5) is 21.6. The first-order valence-corrected chi connectivity index (χ1v) is 8.08. The van der Waals surface area contributed by atoms with E-state index >= 15 is 0 Å². The van der Waals surface area contributed by atoms with Crippen LogP contribution < -0.4 is 0 Å². The van der Waals surface area contributed by atoms with Crippen molar-refractivity contribution in [3.8, 4) is 0 Å². The van der Waals surface area contributed by atoms with Gasteiger partial charge in [-0.1, -0.05) is 13.0 Å². The molecule has 0 bridgehead atoms. The number of carbonyl (C=O) groups excluding carboxylic acids is 1. The number of carboxylic acid groups (broad SMARTS) is 1. The molecule has 0 fully saturated rings. The highest BCUT2D eigenvalue weighted by Crippen LogP contribution is 2.19. The molecule has 23 heavy (non-hydrogen) atoms. The summed E-state index contributed by atoms with van der Waals surface area (Å²) in [6.45, 7) is 1.12. The predicted molar refractivity (Wildman–Crippen MR) is 78.7 cm³/mol. The smallest absolute Gasteiger partial charge is 0.310 e. The molecule has 1 N–H and O–H groups in total. The van der Waals surface area contributed by atoms with Gasteiger partial charge in [0.25, 0.3) is 0 Å². The van der Waals surface area contributed by atoms with Crippen LogP contribution in [0.1, 0.15) is 12.5 Å². The van der Waals surface area contributed by atoms with Gasteiger partial charge in [-0.15, -0.1) is 0 Å². The largest absolute Gasteiger partial charge is 0.481 e. The molecule has 0 aliphatic carbocycles. The zero-order valence-electron chi connectivity index (χ0n) is 12.9. The van der Waals surface area contributed by atoms with E-state index in [4.69, 9.17) is 5.11 Å². The van der Waals surface area contributed by atoms with Crippen LogP contribution >= 0.6 is 0 Å². The van der Waals surface area contributed by atoms with Crippen LogP contribution in [0.25, 0.3) is 0 Å². The highest BCUT2D eigenvalue weighted by molar-refractivity contribution is 7.89. The Morgan fingerprint density at radius 3 is 2.48 bits per heavy atom. The molecule has 128 valence electrons. The molecule has 1 aromatic carbocycles. The summed E-state index contributed by atoms with van der Waals surface area (Å²) < 4.78 is 43.8. The van der Waals surface area contributed by atoms with E-state index < -0.39 is 33.7 Å². The van der Waals surface area contributed by atoms with Gasteiger partial charge in [0.15, 0.2) is 0 Å². The molecule has 0 saturated carbocycles. The Morgan fingerprint density at radius 2 is 2.00 bits per heavy atom. The number of hydrogen-bond acceptors (Lipinski definition) is 5. The number of halogens is 1. The molecule has 1 atom stereocenters. The van der Waals surface area contributed by atoms with E-state index in [1.54, 1.807) is 0 Å². The Balaban J connectivity index is 3.03. The van der Waals surface area contributed by atoms with Crippen molar-refractivity contribution in [2.75, 3.05) is 20.7 Å². The number of carboxylic acids is 1. The highest BCUT2D eigenvalue weighted by Gasteiger charge is 2.25. The number of ether oxygens (including phenoxy) is 1. The second-order valence-corrected chi connectivity index (χ2v) is 7.08. The molecule has 0 saturated heterocycles. The molecule has 1 rings (SSSR count). The number of aliphatic carboxylic acids is 1. The van der Waals surface area contributed by atoms with Gasteiger partial charge in [0.1, 0.15) is 5.82 Å². The van der Waals surface area contributed by atoms with Gasteiger partial charge in [-0.05, 0) is 17.7 Å². The SMILES string of the molecule is COC(=O)Cc1ccc(S(=O)(=O)N(C)CC(C)C(=O)O)cc1F. The van der Waals surface area contributed by atoms with Crippen molar-refractivity contribution >= 4 is 22.0 Å². The van der Waals surface area contributed by atoms with E-state index in [0.29, 0.717) is 0 Å². The lowest BCUT2D eigenvalue weighted by molar-refractivity contribution is -0.141. The lowest BCUT2D eigenvalue weighted by atomic mass is 10.1. The van der Waals surface area contributed by atoms with E-state index in [-0.39, 0.29) is 23.4 Å². The van der Waals surface area contributed by atoms with Crippen molar-refractivity contribution in [3.63, 3.8) is 0 Å². The normalized spacial score (nSPS) is 12.9. The summed E-state index contributed by atoms with van der Waals surface area (Å²) in [5, 5.41) is 8.83. The molecule has 0 amide bonds. The van der Waals surface area contributed by atoms with Gasteiger partial charge in [0.05, 0.1) is 24.3 Å². The number of esters is 1. The van der Waals surface area contributed by atoms with Crippen molar-refractivity contribution in [2.24, 2.45) is 5.92 Å². The van der Waals surface area contributed by atoms with Gasteiger partial charge in [-0.2, -0.15) is 0 Å². The molecule has 0 radical (unpaired) electrons. The molecule has 0 heterocycles. The van der Waals surface area contributed by atoms with Gasteiger partial charge < -0.3 is 9.84 Å². The first-order valence-electron chi connectivity index (χ1n) is 6.64. The number of sulfonamides is 1. The standard InChI is InChI=1S/C14H18FNO6S/c1-9(14(18)19)8-16(2)23(20,21)11-5-4-10(12(15)7-11)6-13(17)22-3/h4-5,7,9H,6,8H2,1-3H3,(H,18,19). The lowest BCUT2D eigenvalue weighted by Crippen LogP contribution is -2.33. The zero-order chi connectivity index (χ0) is 17.8. The molecule has 0 aromatic heterocycles. The van der Waals surface area contributed by atoms with Crippen LogP contribution in [0.4, 0.5) is 4.39 Å². The highest BCUT2D eigenvalue weighted by atomic mass is 32.2. The van der Waals surface area contributed by atoms with Crippen molar-refractivity contribution < 1.29 is 32.2 Å². The van der Waals surface area contributed by atoms with Crippen LogP contribution in [0, 0.1) is 11.7 Å². The van der Waals surface area contributed by atoms with Crippen LogP contribution in [-0.4, -0.2) is 50.5 Å². The van der Waals surface area contributed by atoms with Crippen LogP contribution in [-0.2, 0) is 30.8 Å². The third-order valence-corrected chi connectivity index (χ3v) is 5.07. The molecule has 1 aromatic rings. The monoisotopic (exact) mass is 347 g/mol. The Bertz CT molecular complexity index is 703. The van der Waals surface area contributed by atoms with Crippen molar-refractivity contribution in [1.29, 1.82) is 0 Å². The van der Waals surface area contributed by atoms with E-state index in [1.165, 1.54) is 26.1 Å². The number of rotatable bonds is 7. The number of hydrogen-bond donors (Lipinski definition) is 1. The maximum Gasteiger partial charge on any atom is 0.310 e. The molecular formula is C14H18FNO6S. The Kier molecular flexibility index (Phi) is 6.22. The number of carbonyl (C=O) groups is 2. The average Bonchev–Trinajstić information content (AvgIpc) is 2.48. The fourth-order valence-corrected chi connectivity index (χ4v) is 3.07. The van der Waals surface area contributed by atoms with E-state index in [1.807, 2.05) is 0 Å². The predicted octanol–water partition coefficient (Wildman–Crippen LogP) is 0.882. The number of methoxy groups -OCH3 is 1. The third kappa shape index (κ3) is 4.73. The van der Waals surface area contributed by atoms with Crippen LogP contribution in [0.5, 0.6) is 0 Å². The van der Waals surface area contributed by atoms with Crippen LogP contribution in [0.3, 0.4) is 0 Å². The Morgan fingerprint density at radius 1 is 1.39 bits per heavy atom. The number of nitrogens with zero attached hydrogens (tertiary/aromatic N) is 1. The molecule has 9 heteroatoms. The van der Waals surface area contributed by atoms with Crippen LogP contribution in [0.2, 0.25) is 0 Å². The second kappa shape index (κ2) is 7.51. The van der Waals surface area contributed by atoms with Crippen LogP contribution in [0.15, 0.2) is 23.1 Å². The average molecular weight is 347 g/mol. The minimum Gasteiger partial charge on any atom is -0.481 e. The summed E-state index contributed by atoms with van der Waals surface area (Å²) in [5.41, 5.74) is 0.0114. The summed E-state index contributed by atoms with van der Waals surface area (Å²) in [5.74, 6) is -3.53. The minimum atomic E-state index is -4.03. The quantitative estimate of drug-likeness (QED) is 0.735. The third-order valence-electron chi connectivity index (χ3n) is 3.25. The van der Waals surface area contributed by atoms with E-state index in [2.05, 4.69) is 4.74 Å². The molecule has 0 aliphatic rings. The summed E-state index contributed by atoms with van der Waals surface area (Å²) in [7, 11) is -1.65. The summed E-state index contributed by atoms with van der Waals surface area (Å²) >= 11 is 0. The van der Waals surface area contributed by atoms with Crippen molar-refractivity contribution in [3.05, 3.63) is 29.6 Å². The van der Waals surface area contributed by atoms with Crippen molar-refractivity contribution in [2.45, 2.75) is 18.2 Å². The zero-order valence-corrected chi connectivity index (χ0v) is 13.8. The maximum atomic E-state index is 13.9. The Hall–Kier alpha value is -2.00. The molecule has 1 unspecified atom stereocenters. The maximum absolute atomic E-state index is 13.9. The molecular weight excluding hydrogens is 329 g/mol. The number of benzene rings is 1. The fourth-order valence-electron chi connectivity index (χ4n) is 1.80. The minimum absolute atomic E-state index is 0.0114. The Labute approximate surface area is 133 Å². The topological polar surface area (TPSA) is 101 Å². The molecule has 7 nitrogen and oxygen atoms in total. The van der Waals surface area contributed by atoms with E-state index in [0.717, 1.165) is 17.5 Å². The van der Waals surface area contributed by atoms with Gasteiger partial charge >= 0.3 is 11.9 Å². The second-order valence-electron chi connectivity index (χ2n) is 5.03.